The van der Waals surface area contributed by atoms with Crippen LogP contribution >= 0.6 is 22.7 Å². The molecule has 1 aliphatic carbocycles. The van der Waals surface area contributed by atoms with Crippen molar-refractivity contribution >= 4 is 33.8 Å². The van der Waals surface area contributed by atoms with E-state index in [1.165, 1.54) is 24.5 Å². The Hall–Kier alpha value is -2.98. The Balaban J connectivity index is 1.71. The Bertz CT molecular complexity index is 1240. The lowest BCUT2D eigenvalue weighted by atomic mass is 10.1. The van der Waals surface area contributed by atoms with Gasteiger partial charge in [0.25, 0.3) is 0 Å². The lowest BCUT2D eigenvalue weighted by Crippen LogP contribution is -2.48. The van der Waals surface area contributed by atoms with Crippen molar-refractivity contribution in [1.82, 2.24) is 9.97 Å². The molecule has 0 unspecified atom stereocenters. The predicted octanol–water partition coefficient (Wildman–Crippen LogP) is 7.76. The zero-order chi connectivity index (χ0) is 23.4. The van der Waals surface area contributed by atoms with Crippen LogP contribution in [0.15, 0.2) is 73.1 Å². The van der Waals surface area contributed by atoms with E-state index in [9.17, 15) is 26.3 Å². The first kappa shape index (κ1) is 21.8. The molecule has 0 spiro atoms. The van der Waals surface area contributed by atoms with Crippen molar-refractivity contribution in [2.45, 2.75) is 17.8 Å². The van der Waals surface area contributed by atoms with Crippen molar-refractivity contribution in [2.75, 3.05) is 0 Å². The van der Waals surface area contributed by atoms with Gasteiger partial charge in [-0.1, -0.05) is 12.1 Å². The first-order valence-electron chi connectivity index (χ1n) is 9.56. The lowest BCUT2D eigenvalue weighted by molar-refractivity contribution is -0.254. The molecule has 0 amide bonds. The van der Waals surface area contributed by atoms with Crippen LogP contribution in [0.3, 0.4) is 0 Å². The minimum Gasteiger partial charge on any atom is -0.255 e. The Labute approximate surface area is 191 Å². The number of thiophene rings is 2. The molecule has 4 aromatic heterocycles. The molecule has 0 atom stereocenters. The molecule has 33 heavy (non-hydrogen) atoms. The van der Waals surface area contributed by atoms with Crippen molar-refractivity contribution in [3.05, 3.63) is 82.8 Å². The first-order chi connectivity index (χ1) is 15.6. The number of alkyl halides is 6. The highest BCUT2D eigenvalue weighted by Gasteiger charge is 2.80. The van der Waals surface area contributed by atoms with Crippen molar-refractivity contribution in [1.29, 1.82) is 0 Å². The van der Waals surface area contributed by atoms with Crippen LogP contribution in [0.1, 0.15) is 9.75 Å². The topological polar surface area (TPSA) is 25.8 Å². The van der Waals surface area contributed by atoms with E-state index < -0.39 is 28.9 Å². The third-order valence-corrected chi connectivity index (χ3v) is 7.46. The molecule has 5 rings (SSSR count). The number of nitrogens with zero attached hydrogens (tertiary/aromatic N) is 2. The maximum atomic E-state index is 14.9. The molecule has 1 aliphatic rings. The van der Waals surface area contributed by atoms with E-state index in [-0.39, 0.29) is 9.75 Å². The number of halogens is 6. The van der Waals surface area contributed by atoms with Gasteiger partial charge in [0.15, 0.2) is 0 Å². The maximum absolute atomic E-state index is 14.9. The van der Waals surface area contributed by atoms with Gasteiger partial charge in [0.1, 0.15) is 0 Å². The third-order valence-electron chi connectivity index (χ3n) is 5.21. The van der Waals surface area contributed by atoms with Crippen molar-refractivity contribution in [3.8, 4) is 21.1 Å². The molecule has 0 bridgehead atoms. The molecule has 0 radical (unpaired) electrons. The predicted molar refractivity (Wildman–Crippen MR) is 117 cm³/mol. The van der Waals surface area contributed by atoms with Gasteiger partial charge >= 0.3 is 17.8 Å². The van der Waals surface area contributed by atoms with Gasteiger partial charge in [-0.25, -0.2) is 0 Å². The van der Waals surface area contributed by atoms with Gasteiger partial charge in [0.05, 0.1) is 32.3 Å². The largest absolute Gasteiger partial charge is 0.380 e. The fourth-order valence-corrected chi connectivity index (χ4v) is 5.75. The zero-order valence-electron chi connectivity index (χ0n) is 16.4. The minimum absolute atomic E-state index is 0.361. The summed E-state index contributed by atoms with van der Waals surface area (Å²) in [7, 11) is 0. The number of aromatic nitrogens is 2. The zero-order valence-corrected chi connectivity index (χ0v) is 18.0. The molecule has 4 heterocycles. The van der Waals surface area contributed by atoms with E-state index in [1.54, 1.807) is 36.4 Å². The normalized spacial score (nSPS) is 18.6. The molecule has 0 fully saturated rings. The van der Waals surface area contributed by atoms with Crippen molar-refractivity contribution in [3.63, 3.8) is 0 Å². The first-order valence-corrected chi connectivity index (χ1v) is 11.2. The molecule has 0 saturated carbocycles. The van der Waals surface area contributed by atoms with Gasteiger partial charge in [0.2, 0.25) is 0 Å². The smallest absolute Gasteiger partial charge is 0.255 e. The maximum Gasteiger partial charge on any atom is 0.380 e. The fourth-order valence-electron chi connectivity index (χ4n) is 3.62. The van der Waals surface area contributed by atoms with Crippen LogP contribution in [0.4, 0.5) is 26.3 Å². The van der Waals surface area contributed by atoms with Gasteiger partial charge in [-0.15, -0.1) is 22.7 Å². The Kier molecular flexibility index (Phi) is 4.98. The highest BCUT2D eigenvalue weighted by molar-refractivity contribution is 7.17. The van der Waals surface area contributed by atoms with E-state index in [0.717, 1.165) is 12.1 Å². The van der Waals surface area contributed by atoms with E-state index in [1.807, 2.05) is 0 Å². The quantitative estimate of drug-likeness (QED) is 0.271. The summed E-state index contributed by atoms with van der Waals surface area (Å²) in [6, 6.07) is 15.0. The van der Waals surface area contributed by atoms with Crippen LogP contribution in [-0.2, 0) is 0 Å². The molecule has 0 N–H and O–H groups in total. The molecular weight excluding hydrogens is 482 g/mol. The second-order valence-corrected chi connectivity index (χ2v) is 9.40. The highest BCUT2D eigenvalue weighted by atomic mass is 32.1. The SMILES string of the molecule is FC1(F)C(c2ccc(-c3ccccn3)s2)=C(c2ccc(-c3ccccn3)s2)C(F)(F)C1(F)F. The van der Waals surface area contributed by atoms with Crippen LogP contribution in [0.5, 0.6) is 0 Å². The summed E-state index contributed by atoms with van der Waals surface area (Å²) in [4.78, 5) is 8.27. The highest BCUT2D eigenvalue weighted by Crippen LogP contribution is 2.66. The molecule has 10 heteroatoms. The number of allylic oxidation sites excluding steroid dienone is 2. The lowest BCUT2D eigenvalue weighted by Gasteiger charge is -2.25. The average Bonchev–Trinajstić information content (AvgIpc) is 3.50. The number of rotatable bonds is 4. The van der Waals surface area contributed by atoms with Crippen molar-refractivity contribution in [2.24, 2.45) is 0 Å². The summed E-state index contributed by atoms with van der Waals surface area (Å²) in [5, 5.41) is 0. The van der Waals surface area contributed by atoms with Gasteiger partial charge in [-0.2, -0.15) is 26.3 Å². The number of hydrogen-bond acceptors (Lipinski definition) is 4. The van der Waals surface area contributed by atoms with Crippen LogP contribution < -0.4 is 0 Å². The summed E-state index contributed by atoms with van der Waals surface area (Å²) in [6.07, 6.45) is 2.97. The van der Waals surface area contributed by atoms with Gasteiger partial charge in [-0.3, -0.25) is 9.97 Å². The average molecular weight is 494 g/mol. The Morgan fingerprint density at radius 2 is 0.909 bits per heavy atom. The molecule has 2 nitrogen and oxygen atoms in total. The molecule has 4 aromatic rings. The van der Waals surface area contributed by atoms with E-state index in [0.29, 0.717) is 43.8 Å². The monoisotopic (exact) mass is 494 g/mol. The number of pyridine rings is 2. The minimum atomic E-state index is -5.59. The molecule has 0 aliphatic heterocycles. The summed E-state index contributed by atoms with van der Waals surface area (Å²) >= 11 is 1.43. The summed E-state index contributed by atoms with van der Waals surface area (Å²) in [5.41, 5.74) is -1.88. The molecule has 0 saturated heterocycles. The number of hydrogen-bond donors (Lipinski definition) is 0. The second kappa shape index (κ2) is 7.53. The summed E-state index contributed by atoms with van der Waals surface area (Å²) < 4.78 is 88.7. The van der Waals surface area contributed by atoms with E-state index >= 15 is 0 Å². The standard InChI is InChI=1S/C23H12F6N2S2/c24-21(25)19(17-9-7-15(32-17)13-5-1-3-11-30-13)20(22(26,27)23(21,28)29)18-10-8-16(33-18)14-6-2-4-12-31-14/h1-12H. The Morgan fingerprint density at radius 1 is 0.515 bits per heavy atom. The summed E-state index contributed by atoms with van der Waals surface area (Å²) in [6.45, 7) is 0. The van der Waals surface area contributed by atoms with Gasteiger partial charge < -0.3 is 0 Å². The van der Waals surface area contributed by atoms with E-state index in [2.05, 4.69) is 9.97 Å². The van der Waals surface area contributed by atoms with Crippen LogP contribution in [0, 0.1) is 0 Å². The van der Waals surface area contributed by atoms with Gasteiger partial charge in [0, 0.05) is 22.1 Å². The molecule has 168 valence electrons. The third kappa shape index (κ3) is 3.23. The van der Waals surface area contributed by atoms with Crippen LogP contribution in [0.25, 0.3) is 32.3 Å². The Morgan fingerprint density at radius 3 is 1.27 bits per heavy atom. The summed E-state index contributed by atoms with van der Waals surface area (Å²) in [5.74, 6) is -15.7. The van der Waals surface area contributed by atoms with Crippen LogP contribution in [-0.4, -0.2) is 27.7 Å². The van der Waals surface area contributed by atoms with E-state index in [4.69, 9.17) is 0 Å². The van der Waals surface area contributed by atoms with Crippen LogP contribution in [0.2, 0.25) is 0 Å². The second-order valence-electron chi connectivity index (χ2n) is 7.23. The molecule has 0 aromatic carbocycles. The molecular formula is C23H12F6N2S2. The van der Waals surface area contributed by atoms with Crippen molar-refractivity contribution < 1.29 is 26.3 Å². The van der Waals surface area contributed by atoms with Gasteiger partial charge in [-0.05, 0) is 48.5 Å². The fraction of sp³-hybridized carbons (Fsp3) is 0.130.